The Bertz CT molecular complexity index is 333. The van der Waals surface area contributed by atoms with Crippen LogP contribution in [0.3, 0.4) is 0 Å². The van der Waals surface area contributed by atoms with Crippen molar-refractivity contribution in [1.29, 1.82) is 0 Å². The van der Waals surface area contributed by atoms with Gasteiger partial charge >= 0.3 is 0 Å². The highest BCUT2D eigenvalue weighted by Crippen LogP contribution is 2.65. The third-order valence-electron chi connectivity index (χ3n) is 7.11. The van der Waals surface area contributed by atoms with Crippen molar-refractivity contribution in [2.24, 2.45) is 47.3 Å². The van der Waals surface area contributed by atoms with Crippen molar-refractivity contribution in [3.8, 4) is 0 Å². The van der Waals surface area contributed by atoms with E-state index in [0.29, 0.717) is 11.8 Å². The smallest absolute Gasteiger partial charge is 0.114 e. The van der Waals surface area contributed by atoms with Crippen LogP contribution < -0.4 is 0 Å². The van der Waals surface area contributed by atoms with Crippen LogP contribution >= 0.6 is 0 Å². The zero-order valence-electron chi connectivity index (χ0n) is 14.0. The van der Waals surface area contributed by atoms with Crippen molar-refractivity contribution < 1.29 is 4.39 Å². The lowest BCUT2D eigenvalue weighted by atomic mass is 9.89. The molecule has 0 spiro atoms. The first-order valence-electron chi connectivity index (χ1n) is 8.99. The highest BCUT2D eigenvalue weighted by atomic mass is 19.1. The SMILES string of the molecule is CC(C)C1CC2C(C1)C2(C)F.CC(C)C1CC2CC2C1. The molecule has 4 unspecified atom stereocenters. The Balaban J connectivity index is 0.000000123. The lowest BCUT2D eigenvalue weighted by Crippen LogP contribution is -2.13. The largest absolute Gasteiger partial charge is 0.244 e. The normalized spacial score (nSPS) is 51.6. The Hall–Kier alpha value is -0.0700. The molecule has 0 nitrogen and oxygen atoms in total. The second-order valence-electron chi connectivity index (χ2n) is 9.07. The van der Waals surface area contributed by atoms with E-state index < -0.39 is 5.67 Å². The van der Waals surface area contributed by atoms with E-state index in [0.717, 1.165) is 36.5 Å². The third-order valence-corrected chi connectivity index (χ3v) is 7.11. The van der Waals surface area contributed by atoms with Crippen molar-refractivity contribution in [3.05, 3.63) is 0 Å². The third kappa shape index (κ3) is 2.66. The number of halogens is 1. The molecule has 4 aliphatic carbocycles. The molecule has 0 aliphatic heterocycles. The molecule has 4 atom stereocenters. The Morgan fingerprint density at radius 1 is 0.750 bits per heavy atom. The molecular formula is C19H33F. The fourth-order valence-corrected chi connectivity index (χ4v) is 5.05. The van der Waals surface area contributed by atoms with E-state index in [9.17, 15) is 4.39 Å². The minimum Gasteiger partial charge on any atom is -0.244 e. The van der Waals surface area contributed by atoms with Gasteiger partial charge in [-0.15, -0.1) is 0 Å². The van der Waals surface area contributed by atoms with Gasteiger partial charge in [0, 0.05) is 0 Å². The summed E-state index contributed by atoms with van der Waals surface area (Å²) in [5.74, 6) is 6.83. The fourth-order valence-electron chi connectivity index (χ4n) is 5.05. The van der Waals surface area contributed by atoms with Crippen LogP contribution in [0.25, 0.3) is 0 Å². The van der Waals surface area contributed by atoms with E-state index in [2.05, 4.69) is 27.7 Å². The van der Waals surface area contributed by atoms with Gasteiger partial charge in [-0.2, -0.15) is 0 Å². The van der Waals surface area contributed by atoms with Gasteiger partial charge in [0.15, 0.2) is 0 Å². The van der Waals surface area contributed by atoms with Crippen LogP contribution in [-0.4, -0.2) is 5.67 Å². The first kappa shape index (κ1) is 14.9. The first-order chi connectivity index (χ1) is 9.30. The van der Waals surface area contributed by atoms with Crippen molar-refractivity contribution in [2.75, 3.05) is 0 Å². The molecule has 1 heteroatoms. The summed E-state index contributed by atoms with van der Waals surface area (Å²) in [6.07, 6.45) is 6.98. The molecule has 116 valence electrons. The van der Waals surface area contributed by atoms with Crippen LogP contribution in [-0.2, 0) is 0 Å². The molecule has 0 aromatic rings. The average molecular weight is 280 g/mol. The summed E-state index contributed by atoms with van der Waals surface area (Å²) >= 11 is 0. The summed E-state index contributed by atoms with van der Waals surface area (Å²) in [6.45, 7) is 11.0. The van der Waals surface area contributed by atoms with Gasteiger partial charge in [-0.25, -0.2) is 4.39 Å². The maximum absolute atomic E-state index is 13.3. The molecule has 0 aromatic carbocycles. The molecule has 0 N–H and O–H groups in total. The Kier molecular flexibility index (Phi) is 3.70. The summed E-state index contributed by atoms with van der Waals surface area (Å²) in [5, 5.41) is 0. The van der Waals surface area contributed by atoms with E-state index in [-0.39, 0.29) is 0 Å². The van der Waals surface area contributed by atoms with Crippen molar-refractivity contribution >= 4 is 0 Å². The van der Waals surface area contributed by atoms with Gasteiger partial charge in [0.2, 0.25) is 0 Å². The molecule has 0 saturated heterocycles. The van der Waals surface area contributed by atoms with Gasteiger partial charge in [-0.05, 0) is 86.4 Å². The summed E-state index contributed by atoms with van der Waals surface area (Å²) < 4.78 is 13.3. The molecule has 0 aromatic heterocycles. The molecule has 4 saturated carbocycles. The van der Waals surface area contributed by atoms with Gasteiger partial charge < -0.3 is 0 Å². The zero-order chi connectivity index (χ0) is 14.7. The highest BCUT2D eigenvalue weighted by molar-refractivity contribution is 5.14. The van der Waals surface area contributed by atoms with Crippen molar-refractivity contribution in [3.63, 3.8) is 0 Å². The Labute approximate surface area is 124 Å². The second-order valence-corrected chi connectivity index (χ2v) is 9.07. The molecule has 4 rings (SSSR count). The molecule has 0 bridgehead atoms. The maximum atomic E-state index is 13.3. The number of hydrogen-bond acceptors (Lipinski definition) is 0. The fraction of sp³-hybridized carbons (Fsp3) is 1.00. The lowest BCUT2D eigenvalue weighted by Gasteiger charge is -2.18. The molecular weight excluding hydrogens is 247 g/mol. The summed E-state index contributed by atoms with van der Waals surface area (Å²) in [7, 11) is 0. The number of fused-ring (bicyclic) bond motifs is 2. The summed E-state index contributed by atoms with van der Waals surface area (Å²) in [5.41, 5.74) is -0.772. The van der Waals surface area contributed by atoms with Gasteiger partial charge in [0.25, 0.3) is 0 Å². The number of alkyl halides is 1. The van der Waals surface area contributed by atoms with Gasteiger partial charge in [-0.1, -0.05) is 27.7 Å². The quantitative estimate of drug-likeness (QED) is 0.607. The van der Waals surface area contributed by atoms with E-state index in [1.54, 1.807) is 26.2 Å². The molecule has 0 radical (unpaired) electrons. The topological polar surface area (TPSA) is 0 Å². The standard InChI is InChI=1S/C10H17F.C9H16/c1-6(2)7-4-8-9(5-7)10(8,3)11;1-6(2)7-3-8-5-9(8)4-7/h6-9H,4-5H2,1-3H3;6-9H,3-5H2,1-2H3. The van der Waals surface area contributed by atoms with Gasteiger partial charge in [-0.3, -0.25) is 0 Å². The average Bonchev–Trinajstić information content (AvgIpc) is 3.04. The monoisotopic (exact) mass is 280 g/mol. The first-order valence-corrected chi connectivity index (χ1v) is 8.99. The predicted octanol–water partition coefficient (Wildman–Crippen LogP) is 5.72. The van der Waals surface area contributed by atoms with Crippen LogP contribution in [0.15, 0.2) is 0 Å². The second kappa shape index (κ2) is 4.99. The Morgan fingerprint density at radius 2 is 1.15 bits per heavy atom. The van der Waals surface area contributed by atoms with Crippen molar-refractivity contribution in [1.82, 2.24) is 0 Å². The minimum atomic E-state index is -0.772. The molecule has 4 fully saturated rings. The van der Waals surface area contributed by atoms with Crippen LogP contribution in [0.5, 0.6) is 0 Å². The van der Waals surface area contributed by atoms with Crippen LogP contribution in [0.4, 0.5) is 4.39 Å². The van der Waals surface area contributed by atoms with Crippen LogP contribution in [0, 0.1) is 47.3 Å². The van der Waals surface area contributed by atoms with E-state index >= 15 is 0 Å². The van der Waals surface area contributed by atoms with Gasteiger partial charge in [0.1, 0.15) is 5.67 Å². The lowest BCUT2D eigenvalue weighted by molar-refractivity contribution is 0.222. The van der Waals surface area contributed by atoms with E-state index in [1.165, 1.54) is 11.8 Å². The minimum absolute atomic E-state index is 0.426. The van der Waals surface area contributed by atoms with Gasteiger partial charge in [0.05, 0.1) is 0 Å². The Morgan fingerprint density at radius 3 is 1.50 bits per heavy atom. The van der Waals surface area contributed by atoms with Crippen LogP contribution in [0.2, 0.25) is 0 Å². The number of rotatable bonds is 2. The maximum Gasteiger partial charge on any atom is 0.114 e. The number of hydrogen-bond donors (Lipinski definition) is 0. The zero-order valence-corrected chi connectivity index (χ0v) is 14.0. The molecule has 0 amide bonds. The molecule has 0 heterocycles. The van der Waals surface area contributed by atoms with E-state index in [1.807, 2.05) is 0 Å². The summed E-state index contributed by atoms with van der Waals surface area (Å²) in [6, 6.07) is 0. The molecule has 4 aliphatic rings. The van der Waals surface area contributed by atoms with Crippen LogP contribution in [0.1, 0.15) is 66.7 Å². The highest BCUT2D eigenvalue weighted by Gasteiger charge is 2.66. The van der Waals surface area contributed by atoms with Crippen molar-refractivity contribution in [2.45, 2.75) is 72.4 Å². The van der Waals surface area contributed by atoms with E-state index in [4.69, 9.17) is 0 Å². The summed E-state index contributed by atoms with van der Waals surface area (Å²) in [4.78, 5) is 0. The molecule has 20 heavy (non-hydrogen) atoms. The predicted molar refractivity (Wildman–Crippen MR) is 83.2 cm³/mol.